The minimum Gasteiger partial charge on any atom is -0.493 e. The van der Waals surface area contributed by atoms with Gasteiger partial charge in [0.1, 0.15) is 0 Å². The first-order valence-electron chi connectivity index (χ1n) is 7.04. The number of rotatable bonds is 5. The van der Waals surface area contributed by atoms with Gasteiger partial charge in [0.15, 0.2) is 11.5 Å². The molecule has 0 spiro atoms. The van der Waals surface area contributed by atoms with Gasteiger partial charge in [0.05, 0.1) is 20.8 Å². The summed E-state index contributed by atoms with van der Waals surface area (Å²) in [6, 6.07) is 6.20. The van der Waals surface area contributed by atoms with Crippen LogP contribution in [0.4, 0.5) is 0 Å². The van der Waals surface area contributed by atoms with E-state index in [1.807, 2.05) is 12.1 Å². The maximum Gasteiger partial charge on any atom is 0.161 e. The fraction of sp³-hybridized carbons (Fsp3) is 0.600. The van der Waals surface area contributed by atoms with Crippen molar-refractivity contribution in [2.75, 3.05) is 47.1 Å². The van der Waals surface area contributed by atoms with Crippen molar-refractivity contribution in [1.29, 1.82) is 0 Å². The summed E-state index contributed by atoms with van der Waals surface area (Å²) in [6.45, 7) is 4.10. The van der Waals surface area contributed by atoms with Crippen molar-refractivity contribution in [3.05, 3.63) is 23.8 Å². The van der Waals surface area contributed by atoms with Gasteiger partial charge in [-0.1, -0.05) is 6.07 Å². The SMILES string of the molecule is COc1ccc(C(CN)N2CCCOCC2)cc1OC. The number of benzene rings is 1. The average molecular weight is 280 g/mol. The van der Waals surface area contributed by atoms with E-state index in [4.69, 9.17) is 19.9 Å². The van der Waals surface area contributed by atoms with Gasteiger partial charge in [-0.2, -0.15) is 0 Å². The first-order chi connectivity index (χ1) is 9.80. The van der Waals surface area contributed by atoms with Crippen LogP contribution in [0.15, 0.2) is 18.2 Å². The molecule has 1 saturated heterocycles. The Kier molecular flexibility index (Phi) is 5.64. The van der Waals surface area contributed by atoms with Crippen LogP contribution in [0.2, 0.25) is 0 Å². The minimum absolute atomic E-state index is 0.191. The molecule has 20 heavy (non-hydrogen) atoms. The summed E-state index contributed by atoms with van der Waals surface area (Å²) in [5, 5.41) is 0. The molecule has 1 aliphatic heterocycles. The maximum absolute atomic E-state index is 5.99. The highest BCUT2D eigenvalue weighted by molar-refractivity contribution is 5.43. The summed E-state index contributed by atoms with van der Waals surface area (Å²) in [7, 11) is 3.29. The van der Waals surface area contributed by atoms with E-state index in [-0.39, 0.29) is 6.04 Å². The van der Waals surface area contributed by atoms with E-state index in [1.54, 1.807) is 14.2 Å². The molecule has 1 aliphatic rings. The molecule has 1 unspecified atom stereocenters. The Labute approximate surface area is 120 Å². The van der Waals surface area contributed by atoms with Crippen molar-refractivity contribution >= 4 is 0 Å². The van der Waals surface area contributed by atoms with Crippen LogP contribution in [0, 0.1) is 0 Å². The van der Waals surface area contributed by atoms with E-state index >= 15 is 0 Å². The van der Waals surface area contributed by atoms with Gasteiger partial charge in [0, 0.05) is 32.3 Å². The molecule has 0 aliphatic carbocycles. The van der Waals surface area contributed by atoms with Crippen LogP contribution in [0.3, 0.4) is 0 Å². The molecule has 1 atom stereocenters. The Hall–Kier alpha value is -1.30. The Morgan fingerprint density at radius 1 is 1.20 bits per heavy atom. The topological polar surface area (TPSA) is 57.0 Å². The van der Waals surface area contributed by atoms with E-state index in [2.05, 4.69) is 11.0 Å². The fourth-order valence-corrected chi connectivity index (χ4v) is 2.63. The van der Waals surface area contributed by atoms with E-state index in [9.17, 15) is 0 Å². The number of nitrogens with zero attached hydrogens (tertiary/aromatic N) is 1. The van der Waals surface area contributed by atoms with Gasteiger partial charge in [-0.05, 0) is 24.1 Å². The zero-order valence-corrected chi connectivity index (χ0v) is 12.3. The largest absolute Gasteiger partial charge is 0.493 e. The predicted molar refractivity (Wildman–Crippen MR) is 78.4 cm³/mol. The Morgan fingerprint density at radius 2 is 2.00 bits per heavy atom. The van der Waals surface area contributed by atoms with Crippen LogP contribution in [0.25, 0.3) is 0 Å². The van der Waals surface area contributed by atoms with Crippen molar-refractivity contribution in [3.8, 4) is 11.5 Å². The molecule has 2 N–H and O–H groups in total. The number of hydrogen-bond acceptors (Lipinski definition) is 5. The molecule has 1 heterocycles. The molecule has 1 aromatic carbocycles. The maximum atomic E-state index is 5.99. The molecule has 0 amide bonds. The lowest BCUT2D eigenvalue weighted by Crippen LogP contribution is -2.35. The number of hydrogen-bond donors (Lipinski definition) is 1. The molecule has 5 nitrogen and oxygen atoms in total. The quantitative estimate of drug-likeness (QED) is 0.884. The zero-order valence-electron chi connectivity index (χ0n) is 12.3. The second kappa shape index (κ2) is 7.47. The van der Waals surface area contributed by atoms with E-state index < -0.39 is 0 Å². The van der Waals surface area contributed by atoms with Crippen molar-refractivity contribution in [2.24, 2.45) is 5.73 Å². The van der Waals surface area contributed by atoms with Gasteiger partial charge < -0.3 is 19.9 Å². The average Bonchev–Trinajstić information content (AvgIpc) is 2.77. The van der Waals surface area contributed by atoms with Gasteiger partial charge in [-0.25, -0.2) is 0 Å². The molecule has 0 radical (unpaired) electrons. The lowest BCUT2D eigenvalue weighted by atomic mass is 10.0. The molecule has 1 aromatic rings. The zero-order chi connectivity index (χ0) is 14.4. The number of ether oxygens (including phenoxy) is 3. The second-order valence-electron chi connectivity index (χ2n) is 4.87. The van der Waals surface area contributed by atoms with Crippen molar-refractivity contribution < 1.29 is 14.2 Å². The molecule has 0 aromatic heterocycles. The Bertz CT molecular complexity index is 418. The van der Waals surface area contributed by atoms with Crippen LogP contribution in [0.5, 0.6) is 11.5 Å². The summed E-state index contributed by atoms with van der Waals surface area (Å²) < 4.78 is 16.2. The van der Waals surface area contributed by atoms with Crippen LogP contribution < -0.4 is 15.2 Å². The molecule has 5 heteroatoms. The van der Waals surface area contributed by atoms with E-state index in [0.717, 1.165) is 49.8 Å². The predicted octanol–water partition coefficient (Wildman–Crippen LogP) is 1.43. The minimum atomic E-state index is 0.191. The molecular weight excluding hydrogens is 256 g/mol. The summed E-state index contributed by atoms with van der Waals surface area (Å²) in [4.78, 5) is 2.38. The molecule has 112 valence electrons. The third kappa shape index (κ3) is 3.42. The van der Waals surface area contributed by atoms with Gasteiger partial charge in [-0.15, -0.1) is 0 Å². The number of methoxy groups -OCH3 is 2. The summed E-state index contributed by atoms with van der Waals surface area (Å²) in [5.41, 5.74) is 7.15. The van der Waals surface area contributed by atoms with Crippen molar-refractivity contribution in [2.45, 2.75) is 12.5 Å². The first-order valence-corrected chi connectivity index (χ1v) is 7.04. The lowest BCUT2D eigenvalue weighted by Gasteiger charge is -2.29. The third-order valence-electron chi connectivity index (χ3n) is 3.71. The monoisotopic (exact) mass is 280 g/mol. The lowest BCUT2D eigenvalue weighted by molar-refractivity contribution is 0.132. The highest BCUT2D eigenvalue weighted by Gasteiger charge is 2.21. The van der Waals surface area contributed by atoms with E-state index in [0.29, 0.717) is 6.54 Å². The number of nitrogens with two attached hydrogens (primary N) is 1. The van der Waals surface area contributed by atoms with Crippen LogP contribution >= 0.6 is 0 Å². The summed E-state index contributed by atoms with van der Waals surface area (Å²) >= 11 is 0. The molecular formula is C15H24N2O3. The van der Waals surface area contributed by atoms with Crippen molar-refractivity contribution in [1.82, 2.24) is 4.90 Å². The molecule has 0 bridgehead atoms. The molecule has 1 fully saturated rings. The third-order valence-corrected chi connectivity index (χ3v) is 3.71. The molecule has 0 saturated carbocycles. The van der Waals surface area contributed by atoms with Crippen LogP contribution in [0.1, 0.15) is 18.0 Å². The highest BCUT2D eigenvalue weighted by atomic mass is 16.5. The van der Waals surface area contributed by atoms with Gasteiger partial charge >= 0.3 is 0 Å². The van der Waals surface area contributed by atoms with Crippen molar-refractivity contribution in [3.63, 3.8) is 0 Å². The van der Waals surface area contributed by atoms with Crippen LogP contribution in [-0.4, -0.2) is 52.0 Å². The first kappa shape index (κ1) is 15.1. The highest BCUT2D eigenvalue weighted by Crippen LogP contribution is 2.31. The fourth-order valence-electron chi connectivity index (χ4n) is 2.63. The summed E-state index contributed by atoms with van der Waals surface area (Å²) in [5.74, 6) is 1.49. The van der Waals surface area contributed by atoms with Crippen LogP contribution in [-0.2, 0) is 4.74 Å². The standard InChI is InChI=1S/C15H24N2O3/c1-18-14-5-4-12(10-15(14)19-2)13(11-16)17-6-3-8-20-9-7-17/h4-5,10,13H,3,6-9,11,16H2,1-2H3. The normalized spacial score (nSPS) is 18.4. The summed E-state index contributed by atoms with van der Waals surface area (Å²) in [6.07, 6.45) is 1.05. The smallest absolute Gasteiger partial charge is 0.161 e. The van der Waals surface area contributed by atoms with Gasteiger partial charge in [0.2, 0.25) is 0 Å². The van der Waals surface area contributed by atoms with E-state index in [1.165, 1.54) is 0 Å². The Balaban J connectivity index is 2.21. The van der Waals surface area contributed by atoms with Gasteiger partial charge in [-0.3, -0.25) is 4.90 Å². The second-order valence-corrected chi connectivity index (χ2v) is 4.87. The van der Waals surface area contributed by atoms with Gasteiger partial charge in [0.25, 0.3) is 0 Å². The molecule has 2 rings (SSSR count). The Morgan fingerprint density at radius 3 is 2.70 bits per heavy atom.